The molecule has 6 heteroatoms. The molecule has 0 aliphatic heterocycles. The number of ketones is 1. The lowest BCUT2D eigenvalue weighted by molar-refractivity contribution is -0.384. The number of benzene rings is 1. The van der Waals surface area contributed by atoms with Gasteiger partial charge in [-0.1, -0.05) is 6.92 Å². The van der Waals surface area contributed by atoms with E-state index in [1.165, 1.54) is 29.7 Å². The quantitative estimate of drug-likeness (QED) is 0.483. The molecule has 0 saturated heterocycles. The Labute approximate surface area is 127 Å². The van der Waals surface area contributed by atoms with Crippen molar-refractivity contribution in [3.8, 4) is 11.3 Å². The summed E-state index contributed by atoms with van der Waals surface area (Å²) in [5, 5.41) is 10.7. The molecule has 114 valence electrons. The van der Waals surface area contributed by atoms with Crippen LogP contribution in [0.5, 0.6) is 0 Å². The number of nitro benzene ring substituents is 1. The van der Waals surface area contributed by atoms with Gasteiger partial charge in [0.1, 0.15) is 0 Å². The summed E-state index contributed by atoms with van der Waals surface area (Å²) in [7, 11) is 0. The van der Waals surface area contributed by atoms with Gasteiger partial charge in [-0.25, -0.2) is 0 Å². The number of Topliss-reactive ketones (excluding diaryl/α,β-unsaturated/α-hetero) is 1. The molecule has 0 N–H and O–H groups in total. The zero-order valence-electron chi connectivity index (χ0n) is 12.4. The molecule has 0 aliphatic rings. The third kappa shape index (κ3) is 2.95. The van der Waals surface area contributed by atoms with Gasteiger partial charge in [-0.05, 0) is 43.2 Å². The molecular formula is C16H16N2O4. The van der Waals surface area contributed by atoms with Crippen LogP contribution in [0, 0.1) is 10.1 Å². The van der Waals surface area contributed by atoms with Crippen LogP contribution in [0.2, 0.25) is 0 Å². The molecule has 0 radical (unpaired) electrons. The average Bonchev–Trinajstić information content (AvgIpc) is 2.49. The number of carbonyl (C=O) groups is 1. The first-order valence-electron chi connectivity index (χ1n) is 6.95. The van der Waals surface area contributed by atoms with Gasteiger partial charge < -0.3 is 4.57 Å². The first-order valence-corrected chi connectivity index (χ1v) is 6.95. The van der Waals surface area contributed by atoms with Crippen LogP contribution in [0.15, 0.2) is 41.2 Å². The Morgan fingerprint density at radius 2 is 1.82 bits per heavy atom. The van der Waals surface area contributed by atoms with E-state index in [0.717, 1.165) is 6.42 Å². The summed E-state index contributed by atoms with van der Waals surface area (Å²) in [6.45, 7) is 3.78. The summed E-state index contributed by atoms with van der Waals surface area (Å²) >= 11 is 0. The fourth-order valence-electron chi connectivity index (χ4n) is 2.30. The monoisotopic (exact) mass is 300 g/mol. The van der Waals surface area contributed by atoms with E-state index >= 15 is 0 Å². The predicted molar refractivity (Wildman–Crippen MR) is 83.1 cm³/mol. The standard InChI is InChI=1S/C16H16N2O4/c1-3-10-17-15(9-8-14(11(2)19)16(17)20)12-4-6-13(7-5-12)18(21)22/h4-9H,3,10H2,1-2H3. The van der Waals surface area contributed by atoms with Crippen LogP contribution < -0.4 is 5.56 Å². The van der Waals surface area contributed by atoms with Crippen LogP contribution >= 0.6 is 0 Å². The maximum Gasteiger partial charge on any atom is 0.269 e. The smallest absolute Gasteiger partial charge is 0.269 e. The Kier molecular flexibility index (Phi) is 4.50. The van der Waals surface area contributed by atoms with Crippen molar-refractivity contribution in [1.82, 2.24) is 4.57 Å². The van der Waals surface area contributed by atoms with E-state index in [9.17, 15) is 19.7 Å². The molecule has 0 unspecified atom stereocenters. The molecule has 0 aliphatic carbocycles. The highest BCUT2D eigenvalue weighted by Gasteiger charge is 2.13. The lowest BCUT2D eigenvalue weighted by atomic mass is 10.1. The van der Waals surface area contributed by atoms with Gasteiger partial charge in [0.05, 0.1) is 16.2 Å². The van der Waals surface area contributed by atoms with Gasteiger partial charge in [-0.2, -0.15) is 0 Å². The largest absolute Gasteiger partial charge is 0.308 e. The molecule has 1 aromatic carbocycles. The molecule has 2 aromatic rings. The third-order valence-electron chi connectivity index (χ3n) is 3.37. The zero-order chi connectivity index (χ0) is 16.3. The minimum absolute atomic E-state index is 0.00602. The van der Waals surface area contributed by atoms with E-state index in [1.807, 2.05) is 6.92 Å². The number of hydrogen-bond donors (Lipinski definition) is 0. The van der Waals surface area contributed by atoms with Crippen molar-refractivity contribution in [2.24, 2.45) is 0 Å². The van der Waals surface area contributed by atoms with Crippen LogP contribution in [0.4, 0.5) is 5.69 Å². The fourth-order valence-corrected chi connectivity index (χ4v) is 2.30. The minimum atomic E-state index is -0.470. The topological polar surface area (TPSA) is 82.2 Å². The van der Waals surface area contributed by atoms with Gasteiger partial charge in [0.2, 0.25) is 0 Å². The molecule has 0 bridgehead atoms. The second-order valence-electron chi connectivity index (χ2n) is 4.95. The number of nitro groups is 1. The highest BCUT2D eigenvalue weighted by atomic mass is 16.6. The molecule has 0 fully saturated rings. The summed E-state index contributed by atoms with van der Waals surface area (Å²) in [5.74, 6) is -0.273. The normalized spacial score (nSPS) is 10.5. The molecular weight excluding hydrogens is 284 g/mol. The van der Waals surface area contributed by atoms with Gasteiger partial charge in [-0.15, -0.1) is 0 Å². The molecule has 1 heterocycles. The molecule has 6 nitrogen and oxygen atoms in total. The Hall–Kier alpha value is -2.76. The third-order valence-corrected chi connectivity index (χ3v) is 3.37. The predicted octanol–water partition coefficient (Wildman–Crippen LogP) is 3.04. The number of non-ortho nitro benzene ring substituents is 1. The summed E-state index contributed by atoms with van der Waals surface area (Å²) < 4.78 is 1.54. The Bertz CT molecular complexity index is 776. The van der Waals surface area contributed by atoms with Crippen LogP contribution in [-0.2, 0) is 6.54 Å². The lowest BCUT2D eigenvalue weighted by Gasteiger charge is -2.13. The highest BCUT2D eigenvalue weighted by molar-refractivity contribution is 5.94. The van der Waals surface area contributed by atoms with E-state index in [1.54, 1.807) is 18.2 Å². The maximum atomic E-state index is 12.4. The van der Waals surface area contributed by atoms with E-state index in [2.05, 4.69) is 0 Å². The van der Waals surface area contributed by atoms with Gasteiger partial charge in [-0.3, -0.25) is 19.7 Å². The summed E-state index contributed by atoms with van der Waals surface area (Å²) in [6, 6.07) is 9.21. The van der Waals surface area contributed by atoms with Crippen LogP contribution in [0.25, 0.3) is 11.3 Å². The average molecular weight is 300 g/mol. The first-order chi connectivity index (χ1) is 10.5. The van der Waals surface area contributed by atoms with E-state index in [4.69, 9.17) is 0 Å². The summed E-state index contributed by atoms with van der Waals surface area (Å²) in [5.41, 5.74) is 1.16. The lowest BCUT2D eigenvalue weighted by Crippen LogP contribution is -2.26. The SMILES string of the molecule is CCCn1c(-c2ccc([N+](=O)[O-])cc2)ccc(C(C)=O)c1=O. The molecule has 0 amide bonds. The number of hydrogen-bond acceptors (Lipinski definition) is 4. The summed E-state index contributed by atoms with van der Waals surface area (Å²) in [4.78, 5) is 34.1. The van der Waals surface area contributed by atoms with Crippen molar-refractivity contribution in [2.75, 3.05) is 0 Å². The van der Waals surface area contributed by atoms with Crippen LogP contribution in [-0.4, -0.2) is 15.3 Å². The molecule has 2 rings (SSSR count). The van der Waals surface area contributed by atoms with Crippen molar-refractivity contribution in [3.63, 3.8) is 0 Å². The first kappa shape index (κ1) is 15.6. The van der Waals surface area contributed by atoms with Crippen LogP contribution in [0.3, 0.4) is 0 Å². The Morgan fingerprint density at radius 3 is 2.32 bits per heavy atom. The van der Waals surface area contributed by atoms with Crippen molar-refractivity contribution in [1.29, 1.82) is 0 Å². The zero-order valence-corrected chi connectivity index (χ0v) is 12.4. The summed E-state index contributed by atoms with van der Waals surface area (Å²) in [6.07, 6.45) is 0.737. The number of carbonyl (C=O) groups excluding carboxylic acids is 1. The second kappa shape index (κ2) is 6.34. The van der Waals surface area contributed by atoms with Crippen molar-refractivity contribution < 1.29 is 9.72 Å². The fraction of sp³-hybridized carbons (Fsp3) is 0.250. The van der Waals surface area contributed by atoms with Crippen molar-refractivity contribution >= 4 is 11.5 Å². The second-order valence-corrected chi connectivity index (χ2v) is 4.95. The van der Waals surface area contributed by atoms with Crippen molar-refractivity contribution in [2.45, 2.75) is 26.8 Å². The van der Waals surface area contributed by atoms with E-state index in [-0.39, 0.29) is 22.6 Å². The van der Waals surface area contributed by atoms with Gasteiger partial charge in [0, 0.05) is 18.7 Å². The van der Waals surface area contributed by atoms with Gasteiger partial charge in [0.15, 0.2) is 5.78 Å². The highest BCUT2D eigenvalue weighted by Crippen LogP contribution is 2.22. The molecule has 22 heavy (non-hydrogen) atoms. The Balaban J connectivity index is 2.59. The van der Waals surface area contributed by atoms with E-state index in [0.29, 0.717) is 17.8 Å². The number of pyridine rings is 1. The molecule has 0 saturated carbocycles. The molecule has 0 atom stereocenters. The molecule has 0 spiro atoms. The maximum absolute atomic E-state index is 12.4. The minimum Gasteiger partial charge on any atom is -0.308 e. The van der Waals surface area contributed by atoms with Crippen molar-refractivity contribution in [3.05, 3.63) is 62.4 Å². The number of nitrogens with zero attached hydrogens (tertiary/aromatic N) is 2. The van der Waals surface area contributed by atoms with Gasteiger partial charge in [0.25, 0.3) is 11.2 Å². The van der Waals surface area contributed by atoms with E-state index < -0.39 is 4.92 Å². The molecule has 1 aromatic heterocycles. The van der Waals surface area contributed by atoms with Gasteiger partial charge >= 0.3 is 0 Å². The van der Waals surface area contributed by atoms with Crippen LogP contribution in [0.1, 0.15) is 30.6 Å². The number of aromatic nitrogens is 1. The Morgan fingerprint density at radius 1 is 1.18 bits per heavy atom. The number of rotatable bonds is 5.